The van der Waals surface area contributed by atoms with Crippen molar-refractivity contribution in [3.63, 3.8) is 0 Å². The van der Waals surface area contributed by atoms with Gasteiger partial charge in [0.25, 0.3) is 0 Å². The number of sulfone groups is 1. The molecule has 0 aromatic heterocycles. The number of piperazine rings is 1. The van der Waals surface area contributed by atoms with Gasteiger partial charge in [0.1, 0.15) is 0 Å². The summed E-state index contributed by atoms with van der Waals surface area (Å²) in [6.45, 7) is 3.49. The van der Waals surface area contributed by atoms with E-state index in [1.165, 1.54) is 6.26 Å². The van der Waals surface area contributed by atoms with Crippen molar-refractivity contribution in [2.24, 2.45) is 10.7 Å². The van der Waals surface area contributed by atoms with Gasteiger partial charge in [0, 0.05) is 43.1 Å². The normalized spacial score (nSPS) is 20.4. The van der Waals surface area contributed by atoms with Crippen molar-refractivity contribution in [3.05, 3.63) is 29.3 Å². The molecule has 0 unspecified atom stereocenters. The van der Waals surface area contributed by atoms with Crippen molar-refractivity contribution in [1.82, 2.24) is 4.90 Å². The molecule has 1 aliphatic heterocycles. The molecule has 1 aromatic rings. The van der Waals surface area contributed by atoms with Crippen molar-refractivity contribution in [2.75, 3.05) is 43.9 Å². The van der Waals surface area contributed by atoms with E-state index in [2.05, 4.69) is 9.89 Å². The molecule has 0 spiro atoms. The number of halogens is 2. The molecule has 2 fully saturated rings. The van der Waals surface area contributed by atoms with E-state index < -0.39 is 14.6 Å². The zero-order valence-electron chi connectivity index (χ0n) is 15.6. The standard InChI is InChI=1S/C18H27ClN4O2S.HI/c1-26(24,25)18(8-2-3-9-18)14-21-17(20)23-12-10-22(11-13-23)16-6-4-15(19)5-7-16;/h4-7H,2-3,8-14H2,1H3,(H2,20,21);1H. The molecule has 0 atom stereocenters. The van der Waals surface area contributed by atoms with Crippen molar-refractivity contribution < 1.29 is 8.42 Å². The zero-order valence-corrected chi connectivity index (χ0v) is 19.5. The average molecular weight is 527 g/mol. The predicted molar refractivity (Wildman–Crippen MR) is 123 cm³/mol. The maximum Gasteiger partial charge on any atom is 0.191 e. The summed E-state index contributed by atoms with van der Waals surface area (Å²) in [6, 6.07) is 7.83. The number of nitrogens with zero attached hydrogens (tertiary/aromatic N) is 3. The largest absolute Gasteiger partial charge is 0.370 e. The number of rotatable bonds is 4. The maximum absolute atomic E-state index is 12.2. The van der Waals surface area contributed by atoms with Gasteiger partial charge in [0.2, 0.25) is 0 Å². The molecule has 1 saturated carbocycles. The first-order valence-corrected chi connectivity index (χ1v) is 11.3. The molecule has 27 heavy (non-hydrogen) atoms. The number of anilines is 1. The first kappa shape index (κ1) is 22.5. The third-order valence-electron chi connectivity index (χ3n) is 5.63. The third-order valence-corrected chi connectivity index (χ3v) is 7.99. The molecule has 1 aromatic carbocycles. The van der Waals surface area contributed by atoms with Crippen LogP contribution in [0.5, 0.6) is 0 Å². The van der Waals surface area contributed by atoms with E-state index in [9.17, 15) is 8.42 Å². The fourth-order valence-corrected chi connectivity index (χ4v) is 5.29. The molecule has 1 heterocycles. The van der Waals surface area contributed by atoms with Gasteiger partial charge in [-0.05, 0) is 37.1 Å². The SMILES string of the molecule is CS(=O)(=O)C1(CN=C(N)N2CCN(c3ccc(Cl)cc3)CC2)CCCC1.I. The van der Waals surface area contributed by atoms with E-state index in [1.807, 2.05) is 29.2 Å². The minimum Gasteiger partial charge on any atom is -0.370 e. The van der Waals surface area contributed by atoms with Crippen molar-refractivity contribution >= 4 is 57.1 Å². The number of hydrogen-bond acceptors (Lipinski definition) is 4. The molecule has 0 amide bonds. The van der Waals surface area contributed by atoms with Crippen LogP contribution < -0.4 is 10.6 Å². The molecular formula is C18H28ClIN4O2S. The van der Waals surface area contributed by atoms with Gasteiger partial charge >= 0.3 is 0 Å². The number of aliphatic imine (C=N–C) groups is 1. The number of guanidine groups is 1. The molecule has 2 N–H and O–H groups in total. The van der Waals surface area contributed by atoms with E-state index in [4.69, 9.17) is 17.3 Å². The molecule has 152 valence electrons. The van der Waals surface area contributed by atoms with Gasteiger partial charge in [-0.1, -0.05) is 24.4 Å². The highest BCUT2D eigenvalue weighted by Gasteiger charge is 2.43. The summed E-state index contributed by atoms with van der Waals surface area (Å²) in [6.07, 6.45) is 4.60. The van der Waals surface area contributed by atoms with Crippen LogP contribution in [0.15, 0.2) is 29.3 Å². The van der Waals surface area contributed by atoms with E-state index in [0.29, 0.717) is 18.8 Å². The molecule has 0 bridgehead atoms. The topological polar surface area (TPSA) is 79.0 Å². The van der Waals surface area contributed by atoms with Gasteiger partial charge in [0.15, 0.2) is 15.8 Å². The smallest absolute Gasteiger partial charge is 0.191 e. The summed E-state index contributed by atoms with van der Waals surface area (Å²) in [5, 5.41) is 0.732. The van der Waals surface area contributed by atoms with Crippen molar-refractivity contribution in [1.29, 1.82) is 0 Å². The average Bonchev–Trinajstić information content (AvgIpc) is 3.11. The molecule has 3 rings (SSSR count). The van der Waals surface area contributed by atoms with E-state index in [-0.39, 0.29) is 30.5 Å². The van der Waals surface area contributed by atoms with Crippen molar-refractivity contribution in [2.45, 2.75) is 30.4 Å². The number of benzene rings is 1. The van der Waals surface area contributed by atoms with Crippen LogP contribution in [0.2, 0.25) is 5.02 Å². The van der Waals surface area contributed by atoms with Crippen LogP contribution in [-0.2, 0) is 9.84 Å². The fourth-order valence-electron chi connectivity index (χ4n) is 3.84. The minimum atomic E-state index is -3.14. The van der Waals surface area contributed by atoms with Gasteiger partial charge < -0.3 is 15.5 Å². The summed E-state index contributed by atoms with van der Waals surface area (Å²) < 4.78 is 23.7. The Morgan fingerprint density at radius 2 is 1.70 bits per heavy atom. The van der Waals surface area contributed by atoms with Gasteiger partial charge in [-0.3, -0.25) is 4.99 Å². The van der Waals surface area contributed by atoms with Crippen LogP contribution in [-0.4, -0.2) is 63.0 Å². The molecule has 0 radical (unpaired) electrons. The minimum absolute atomic E-state index is 0. The number of hydrogen-bond donors (Lipinski definition) is 1. The van der Waals surface area contributed by atoms with E-state index >= 15 is 0 Å². The summed E-state index contributed by atoms with van der Waals surface area (Å²) in [5.41, 5.74) is 7.32. The Bertz CT molecular complexity index is 756. The lowest BCUT2D eigenvalue weighted by atomic mass is 10.1. The van der Waals surface area contributed by atoms with Gasteiger partial charge in [-0.2, -0.15) is 0 Å². The monoisotopic (exact) mass is 526 g/mol. The zero-order chi connectivity index (χ0) is 18.8. The molecule has 9 heteroatoms. The Morgan fingerprint density at radius 3 is 2.22 bits per heavy atom. The first-order valence-electron chi connectivity index (χ1n) is 9.06. The lowest BCUT2D eigenvalue weighted by Gasteiger charge is -2.37. The van der Waals surface area contributed by atoms with Crippen LogP contribution in [0.3, 0.4) is 0 Å². The van der Waals surface area contributed by atoms with Gasteiger partial charge in [-0.25, -0.2) is 8.42 Å². The lowest BCUT2D eigenvalue weighted by Crippen LogP contribution is -2.51. The van der Waals surface area contributed by atoms with Gasteiger partial charge in [-0.15, -0.1) is 24.0 Å². The first-order chi connectivity index (χ1) is 12.3. The predicted octanol–water partition coefficient (Wildman–Crippen LogP) is 2.75. The highest BCUT2D eigenvalue weighted by atomic mass is 127. The van der Waals surface area contributed by atoms with E-state index in [0.717, 1.165) is 49.7 Å². The quantitative estimate of drug-likeness (QED) is 0.371. The summed E-state index contributed by atoms with van der Waals surface area (Å²) in [4.78, 5) is 8.81. The van der Waals surface area contributed by atoms with Gasteiger partial charge in [0.05, 0.1) is 11.3 Å². The lowest BCUT2D eigenvalue weighted by molar-refractivity contribution is 0.379. The second kappa shape index (κ2) is 9.17. The molecule has 2 aliphatic rings. The third kappa shape index (κ3) is 5.20. The Labute approximate surface area is 184 Å². The van der Waals surface area contributed by atoms with Crippen LogP contribution in [0.4, 0.5) is 5.69 Å². The molecule has 1 saturated heterocycles. The highest BCUT2D eigenvalue weighted by molar-refractivity contribution is 14.0. The van der Waals surface area contributed by atoms with Crippen molar-refractivity contribution in [3.8, 4) is 0 Å². The second-order valence-electron chi connectivity index (χ2n) is 7.29. The summed E-state index contributed by atoms with van der Waals surface area (Å²) >= 11 is 5.95. The van der Waals surface area contributed by atoms with Crippen LogP contribution in [0.1, 0.15) is 25.7 Å². The highest BCUT2D eigenvalue weighted by Crippen LogP contribution is 2.36. The molecule has 1 aliphatic carbocycles. The Hall–Kier alpha value is -0.740. The van der Waals surface area contributed by atoms with Crippen LogP contribution in [0.25, 0.3) is 0 Å². The number of nitrogens with two attached hydrogens (primary N) is 1. The van der Waals surface area contributed by atoms with Crippen LogP contribution >= 0.6 is 35.6 Å². The van der Waals surface area contributed by atoms with Crippen LogP contribution in [0, 0.1) is 0 Å². The van der Waals surface area contributed by atoms with E-state index in [1.54, 1.807) is 0 Å². The Morgan fingerprint density at radius 1 is 1.15 bits per heavy atom. The fraction of sp³-hybridized carbons (Fsp3) is 0.611. The summed E-state index contributed by atoms with van der Waals surface area (Å²) in [5.74, 6) is 0.454. The second-order valence-corrected chi connectivity index (χ2v) is 10.1. The Kier molecular flexibility index (Phi) is 7.66. The summed E-state index contributed by atoms with van der Waals surface area (Å²) in [7, 11) is -3.14. The molecule has 6 nitrogen and oxygen atoms in total. The maximum atomic E-state index is 12.2. The Balaban J connectivity index is 0.00000261. The molecular weight excluding hydrogens is 499 g/mol.